The predicted molar refractivity (Wildman–Crippen MR) is 106 cm³/mol. The molecular formula is C21H29FN4. The number of halogens is 1. The van der Waals surface area contributed by atoms with Crippen molar-refractivity contribution >= 4 is 11.5 Å². The highest BCUT2D eigenvalue weighted by Crippen LogP contribution is 2.20. The molecule has 26 heavy (non-hydrogen) atoms. The molecule has 3 rings (SSSR count). The van der Waals surface area contributed by atoms with Crippen LogP contribution in [0.15, 0.2) is 30.3 Å². The van der Waals surface area contributed by atoms with Crippen LogP contribution in [0.25, 0.3) is 0 Å². The molecule has 4 nitrogen and oxygen atoms in total. The van der Waals surface area contributed by atoms with Crippen LogP contribution in [0.5, 0.6) is 0 Å². The Morgan fingerprint density at radius 1 is 1.19 bits per heavy atom. The second-order valence-corrected chi connectivity index (χ2v) is 7.14. The van der Waals surface area contributed by atoms with E-state index in [2.05, 4.69) is 22.1 Å². The highest BCUT2D eigenvalue weighted by atomic mass is 19.1. The standard InChI is InChI=1S/C21H29FN4/c1-2-3-8-24-18-13-19(25-21(23)14-18)12-17-7-6-16(11-20(17)22)15-26-9-4-5-10-26/h6-7,11,13-14H,2-5,8-10,12,15H2,1H3,(H3,23,24,25). The Labute approximate surface area is 155 Å². The molecule has 1 fully saturated rings. The minimum Gasteiger partial charge on any atom is -0.385 e. The molecule has 1 aliphatic heterocycles. The Morgan fingerprint density at radius 2 is 2.00 bits per heavy atom. The molecule has 0 amide bonds. The predicted octanol–water partition coefficient (Wildman–Crippen LogP) is 4.20. The lowest BCUT2D eigenvalue weighted by molar-refractivity contribution is 0.331. The van der Waals surface area contributed by atoms with E-state index in [9.17, 15) is 4.39 Å². The fraction of sp³-hybridized carbons (Fsp3) is 0.476. The van der Waals surface area contributed by atoms with E-state index in [0.717, 1.165) is 56.0 Å². The summed E-state index contributed by atoms with van der Waals surface area (Å²) in [6.07, 6.45) is 5.18. The highest BCUT2D eigenvalue weighted by Gasteiger charge is 2.13. The molecule has 5 heteroatoms. The molecule has 0 aliphatic carbocycles. The van der Waals surface area contributed by atoms with E-state index in [1.54, 1.807) is 6.07 Å². The monoisotopic (exact) mass is 356 g/mol. The van der Waals surface area contributed by atoms with E-state index in [4.69, 9.17) is 5.73 Å². The molecule has 1 saturated heterocycles. The first-order valence-electron chi connectivity index (χ1n) is 9.64. The van der Waals surface area contributed by atoms with Gasteiger partial charge in [0.2, 0.25) is 0 Å². The van der Waals surface area contributed by atoms with E-state index in [-0.39, 0.29) is 5.82 Å². The lowest BCUT2D eigenvalue weighted by Gasteiger charge is -2.15. The normalized spacial score (nSPS) is 14.7. The Morgan fingerprint density at radius 3 is 2.73 bits per heavy atom. The van der Waals surface area contributed by atoms with Gasteiger partial charge in [0.05, 0.1) is 0 Å². The van der Waals surface area contributed by atoms with Crippen LogP contribution >= 0.6 is 0 Å². The number of nitrogens with two attached hydrogens (primary N) is 1. The van der Waals surface area contributed by atoms with Crippen molar-refractivity contribution in [3.05, 3.63) is 53.0 Å². The Bertz CT molecular complexity index is 726. The summed E-state index contributed by atoms with van der Waals surface area (Å²) >= 11 is 0. The second-order valence-electron chi connectivity index (χ2n) is 7.14. The van der Waals surface area contributed by atoms with Crippen LogP contribution in [0.1, 0.15) is 49.4 Å². The van der Waals surface area contributed by atoms with Crippen molar-refractivity contribution in [2.45, 2.75) is 45.6 Å². The van der Waals surface area contributed by atoms with E-state index in [1.807, 2.05) is 24.3 Å². The fourth-order valence-electron chi connectivity index (χ4n) is 3.44. The number of likely N-dealkylation sites (tertiary alicyclic amines) is 1. The summed E-state index contributed by atoms with van der Waals surface area (Å²) in [4.78, 5) is 6.74. The van der Waals surface area contributed by atoms with E-state index >= 15 is 0 Å². The molecule has 0 radical (unpaired) electrons. The molecule has 2 aromatic rings. The van der Waals surface area contributed by atoms with Gasteiger partial charge in [-0.25, -0.2) is 9.37 Å². The number of rotatable bonds is 8. The van der Waals surface area contributed by atoms with Gasteiger partial charge in [0.1, 0.15) is 11.6 Å². The van der Waals surface area contributed by atoms with Crippen molar-refractivity contribution in [3.63, 3.8) is 0 Å². The summed E-state index contributed by atoms with van der Waals surface area (Å²) in [7, 11) is 0. The van der Waals surface area contributed by atoms with Crippen molar-refractivity contribution in [3.8, 4) is 0 Å². The van der Waals surface area contributed by atoms with Gasteiger partial charge in [0.25, 0.3) is 0 Å². The third kappa shape index (κ3) is 5.18. The number of nitrogens with zero attached hydrogens (tertiary/aromatic N) is 2. The fourth-order valence-corrected chi connectivity index (χ4v) is 3.44. The summed E-state index contributed by atoms with van der Waals surface area (Å²) in [5.41, 5.74) is 9.36. The topological polar surface area (TPSA) is 54.2 Å². The third-order valence-corrected chi connectivity index (χ3v) is 4.85. The smallest absolute Gasteiger partial charge is 0.127 e. The van der Waals surface area contributed by atoms with Crippen LogP contribution < -0.4 is 11.1 Å². The number of pyridine rings is 1. The number of unbranched alkanes of at least 4 members (excludes halogenated alkanes) is 1. The molecule has 3 N–H and O–H groups in total. The summed E-state index contributed by atoms with van der Waals surface area (Å²) in [6.45, 7) is 6.12. The minimum atomic E-state index is -0.161. The maximum atomic E-state index is 14.6. The first-order chi connectivity index (χ1) is 12.6. The van der Waals surface area contributed by atoms with Crippen LogP contribution in [0, 0.1) is 5.82 Å². The number of benzene rings is 1. The van der Waals surface area contributed by atoms with Gasteiger partial charge in [-0.2, -0.15) is 0 Å². The number of hydrogen-bond donors (Lipinski definition) is 2. The van der Waals surface area contributed by atoms with Crippen LogP contribution in [-0.2, 0) is 13.0 Å². The number of nitrogens with one attached hydrogen (secondary N) is 1. The molecule has 0 atom stereocenters. The van der Waals surface area contributed by atoms with Crippen LogP contribution in [0.2, 0.25) is 0 Å². The second kappa shape index (κ2) is 8.99. The lowest BCUT2D eigenvalue weighted by Crippen LogP contribution is -2.18. The summed E-state index contributed by atoms with van der Waals surface area (Å²) in [5, 5.41) is 3.36. The average Bonchev–Trinajstić information content (AvgIpc) is 3.10. The zero-order valence-corrected chi connectivity index (χ0v) is 15.6. The first kappa shape index (κ1) is 18.6. The zero-order chi connectivity index (χ0) is 18.4. The number of anilines is 2. The summed E-state index contributed by atoms with van der Waals surface area (Å²) < 4.78 is 14.6. The number of aromatic nitrogens is 1. The molecule has 140 valence electrons. The number of hydrogen-bond acceptors (Lipinski definition) is 4. The van der Waals surface area contributed by atoms with Gasteiger partial charge in [0, 0.05) is 37.0 Å². The third-order valence-electron chi connectivity index (χ3n) is 4.85. The molecule has 2 heterocycles. The Hall–Kier alpha value is -2.14. The molecule has 0 bridgehead atoms. The van der Waals surface area contributed by atoms with Crippen LogP contribution in [-0.4, -0.2) is 29.5 Å². The van der Waals surface area contributed by atoms with Crippen molar-refractivity contribution in [2.75, 3.05) is 30.7 Å². The van der Waals surface area contributed by atoms with Crippen molar-refractivity contribution in [1.82, 2.24) is 9.88 Å². The highest BCUT2D eigenvalue weighted by molar-refractivity contribution is 5.52. The Balaban J connectivity index is 1.67. The summed E-state index contributed by atoms with van der Waals surface area (Å²) in [6, 6.07) is 9.37. The van der Waals surface area contributed by atoms with Gasteiger partial charge in [-0.3, -0.25) is 4.90 Å². The Kier molecular flexibility index (Phi) is 6.45. The minimum absolute atomic E-state index is 0.161. The summed E-state index contributed by atoms with van der Waals surface area (Å²) in [5.74, 6) is 0.305. The number of nitrogen functional groups attached to an aromatic ring is 1. The van der Waals surface area contributed by atoms with Gasteiger partial charge >= 0.3 is 0 Å². The molecule has 1 aromatic carbocycles. The van der Waals surface area contributed by atoms with Gasteiger partial charge in [0.15, 0.2) is 0 Å². The maximum Gasteiger partial charge on any atom is 0.127 e. The van der Waals surface area contributed by atoms with Crippen LogP contribution in [0.4, 0.5) is 15.9 Å². The first-order valence-corrected chi connectivity index (χ1v) is 9.64. The molecule has 0 spiro atoms. The molecule has 1 aromatic heterocycles. The van der Waals surface area contributed by atoms with Gasteiger partial charge in [-0.1, -0.05) is 25.5 Å². The zero-order valence-electron chi connectivity index (χ0n) is 15.6. The van der Waals surface area contributed by atoms with Gasteiger partial charge in [-0.05, 0) is 55.6 Å². The van der Waals surface area contributed by atoms with Crippen molar-refractivity contribution in [2.24, 2.45) is 0 Å². The quantitative estimate of drug-likeness (QED) is 0.696. The molecule has 0 unspecified atom stereocenters. The lowest BCUT2D eigenvalue weighted by atomic mass is 10.1. The van der Waals surface area contributed by atoms with Gasteiger partial charge < -0.3 is 11.1 Å². The molecule has 1 aliphatic rings. The maximum absolute atomic E-state index is 14.6. The molecule has 0 saturated carbocycles. The van der Waals surface area contributed by atoms with Gasteiger partial charge in [-0.15, -0.1) is 0 Å². The van der Waals surface area contributed by atoms with E-state index < -0.39 is 0 Å². The average molecular weight is 356 g/mol. The van der Waals surface area contributed by atoms with E-state index in [0.29, 0.717) is 17.8 Å². The SMILES string of the molecule is CCCCNc1cc(N)nc(Cc2ccc(CN3CCCC3)cc2F)c1. The molecular weight excluding hydrogens is 327 g/mol. The largest absolute Gasteiger partial charge is 0.385 e. The van der Waals surface area contributed by atoms with Crippen LogP contribution in [0.3, 0.4) is 0 Å². The van der Waals surface area contributed by atoms with E-state index in [1.165, 1.54) is 12.8 Å². The van der Waals surface area contributed by atoms with Crippen molar-refractivity contribution < 1.29 is 4.39 Å². The van der Waals surface area contributed by atoms with Crippen molar-refractivity contribution in [1.29, 1.82) is 0 Å².